The molecule has 0 saturated carbocycles. The van der Waals surface area contributed by atoms with Gasteiger partial charge in [-0.2, -0.15) is 0 Å². The van der Waals surface area contributed by atoms with Crippen molar-refractivity contribution in [2.45, 2.75) is 367 Å². The Morgan fingerprint density at radius 1 is 0.422 bits per heavy atom. The molecule has 0 saturated heterocycles. The lowest BCUT2D eigenvalue weighted by Gasteiger charge is -2.30. The van der Waals surface area contributed by atoms with Crippen molar-refractivity contribution in [1.29, 1.82) is 0 Å². The van der Waals surface area contributed by atoms with E-state index in [9.17, 15) is 19.0 Å². The molecule has 9 nitrogen and oxygen atoms in total. The summed E-state index contributed by atoms with van der Waals surface area (Å²) in [5.74, 6) is -0.524. The summed E-state index contributed by atoms with van der Waals surface area (Å²) in [6, 6.07) is -0.887. The lowest BCUT2D eigenvalue weighted by atomic mass is 10.0. The number of nitrogens with one attached hydrogen (secondary N) is 1. The van der Waals surface area contributed by atoms with Gasteiger partial charge in [0.15, 0.2) is 0 Å². The number of phosphoric acid groups is 1. The molecule has 0 bridgehead atoms. The number of nitrogens with zero attached hydrogens (tertiary/aromatic N) is 1. The molecule has 0 aromatic heterocycles. The quantitative estimate of drug-likeness (QED) is 0.0212. The van der Waals surface area contributed by atoms with Gasteiger partial charge < -0.3 is 28.5 Å². The van der Waals surface area contributed by atoms with Crippen molar-refractivity contribution >= 4 is 19.7 Å². The van der Waals surface area contributed by atoms with Gasteiger partial charge in [0.05, 0.1) is 33.8 Å². The molecular formula is C73H139N2O7P. The van der Waals surface area contributed by atoms with Crippen LogP contribution in [0.15, 0.2) is 48.6 Å². The number of esters is 1. The van der Waals surface area contributed by atoms with Gasteiger partial charge in [-0.05, 0) is 70.3 Å². The van der Waals surface area contributed by atoms with E-state index in [-0.39, 0.29) is 31.5 Å². The van der Waals surface area contributed by atoms with Crippen molar-refractivity contribution in [1.82, 2.24) is 5.32 Å². The Labute approximate surface area is 516 Å². The largest absolute Gasteiger partial charge is 0.756 e. The second-order valence-electron chi connectivity index (χ2n) is 25.7. The van der Waals surface area contributed by atoms with Crippen molar-refractivity contribution in [2.75, 3.05) is 40.9 Å². The highest BCUT2D eigenvalue weighted by atomic mass is 31.2. The zero-order valence-corrected chi connectivity index (χ0v) is 56.8. The van der Waals surface area contributed by atoms with Crippen molar-refractivity contribution in [3.8, 4) is 0 Å². The Kier molecular flexibility index (Phi) is 61.5. The van der Waals surface area contributed by atoms with Gasteiger partial charge in [-0.3, -0.25) is 14.2 Å². The normalized spacial score (nSPS) is 13.8. The number of unbranched alkanes of at least 4 members (excludes halogenated alkanes) is 44. The maximum Gasteiger partial charge on any atom is 0.306 e. The minimum atomic E-state index is -4.70. The minimum Gasteiger partial charge on any atom is -0.756 e. The first kappa shape index (κ1) is 81.0. The minimum absolute atomic E-state index is 0.0203. The van der Waals surface area contributed by atoms with Crippen molar-refractivity contribution in [2.24, 2.45) is 0 Å². The molecule has 488 valence electrons. The van der Waals surface area contributed by atoms with E-state index in [0.717, 1.165) is 70.6 Å². The number of quaternary nitrogens is 1. The maximum absolute atomic E-state index is 13.6. The summed E-state index contributed by atoms with van der Waals surface area (Å²) in [5, 5.41) is 3.05. The Balaban J connectivity index is 5.07. The van der Waals surface area contributed by atoms with Crippen molar-refractivity contribution in [3.05, 3.63) is 48.6 Å². The lowest BCUT2D eigenvalue weighted by Crippen LogP contribution is -2.47. The van der Waals surface area contributed by atoms with Crippen LogP contribution < -0.4 is 10.2 Å². The van der Waals surface area contributed by atoms with Gasteiger partial charge in [-0.25, -0.2) is 0 Å². The fourth-order valence-corrected chi connectivity index (χ4v) is 11.4. The summed E-state index contributed by atoms with van der Waals surface area (Å²) in [6.07, 6.45) is 79.4. The van der Waals surface area contributed by atoms with Gasteiger partial charge in [0.1, 0.15) is 19.3 Å². The van der Waals surface area contributed by atoms with Crippen LogP contribution in [0.1, 0.15) is 355 Å². The van der Waals surface area contributed by atoms with E-state index in [1.165, 1.54) is 250 Å². The SMILES string of the molecule is CCCCC/C=C\C/C=C\C/C=C\CCCCCCCCCCCCCCC(=O)OC(/C=C/CCCCCCCCCCCCC)C(COP(=O)([O-])OCC[N+](C)(C)C)NC(=O)CCCCCCCCCCCCCCCCCCCCC. The number of hydrogen-bond acceptors (Lipinski definition) is 7. The average Bonchev–Trinajstić information content (AvgIpc) is 3.46. The number of carbonyl (C=O) groups is 2. The summed E-state index contributed by atoms with van der Waals surface area (Å²) >= 11 is 0. The van der Waals surface area contributed by atoms with Gasteiger partial charge in [-0.1, -0.05) is 320 Å². The van der Waals surface area contributed by atoms with Crippen molar-refractivity contribution in [3.63, 3.8) is 0 Å². The number of phosphoric ester groups is 1. The molecule has 1 N–H and O–H groups in total. The topological polar surface area (TPSA) is 114 Å². The smallest absolute Gasteiger partial charge is 0.306 e. The predicted molar refractivity (Wildman–Crippen MR) is 358 cm³/mol. The summed E-state index contributed by atoms with van der Waals surface area (Å²) in [5.41, 5.74) is 0. The summed E-state index contributed by atoms with van der Waals surface area (Å²) in [6.45, 7) is 6.87. The van der Waals surface area contributed by atoms with Crippen LogP contribution in [-0.2, 0) is 27.9 Å². The molecule has 10 heteroatoms. The van der Waals surface area contributed by atoms with Crippen LogP contribution in [0.2, 0.25) is 0 Å². The maximum atomic E-state index is 13.6. The fourth-order valence-electron chi connectivity index (χ4n) is 10.7. The Morgan fingerprint density at radius 3 is 1.12 bits per heavy atom. The van der Waals surface area contributed by atoms with Crippen molar-refractivity contribution < 1.29 is 37.3 Å². The highest BCUT2D eigenvalue weighted by molar-refractivity contribution is 7.45. The molecule has 3 unspecified atom stereocenters. The molecule has 83 heavy (non-hydrogen) atoms. The number of rotatable bonds is 66. The zero-order chi connectivity index (χ0) is 60.7. The van der Waals surface area contributed by atoms with E-state index < -0.39 is 20.0 Å². The fraction of sp³-hybridized carbons (Fsp3) is 0.863. The molecule has 0 rings (SSSR count). The van der Waals surface area contributed by atoms with E-state index in [0.29, 0.717) is 17.4 Å². The van der Waals surface area contributed by atoms with Crippen LogP contribution in [0.25, 0.3) is 0 Å². The number of allylic oxidation sites excluding steroid dienone is 7. The van der Waals surface area contributed by atoms with Gasteiger partial charge in [0, 0.05) is 12.8 Å². The second-order valence-corrected chi connectivity index (χ2v) is 27.2. The molecule has 0 aromatic carbocycles. The monoisotopic (exact) mass is 1190 g/mol. The Hall–Kier alpha value is -2.03. The molecule has 3 atom stereocenters. The molecule has 0 spiro atoms. The first-order chi connectivity index (χ1) is 40.4. The van der Waals surface area contributed by atoms with E-state index in [2.05, 4.69) is 62.5 Å². The number of likely N-dealkylation sites (N-methyl/N-ethyl adjacent to an activating group) is 1. The van der Waals surface area contributed by atoms with Gasteiger partial charge in [0.25, 0.3) is 7.82 Å². The van der Waals surface area contributed by atoms with E-state index in [4.69, 9.17) is 13.8 Å². The number of amides is 1. The van der Waals surface area contributed by atoms with E-state index in [1.807, 2.05) is 33.3 Å². The highest BCUT2D eigenvalue weighted by Gasteiger charge is 2.27. The third-order valence-electron chi connectivity index (χ3n) is 16.3. The number of hydrogen-bond donors (Lipinski definition) is 1. The van der Waals surface area contributed by atoms with Crippen LogP contribution in [0.4, 0.5) is 0 Å². The first-order valence-electron chi connectivity index (χ1n) is 35.9. The average molecular weight is 1190 g/mol. The summed E-state index contributed by atoms with van der Waals surface area (Å²) in [4.78, 5) is 40.2. The molecule has 0 aliphatic heterocycles. The zero-order valence-electron chi connectivity index (χ0n) is 55.9. The Bertz CT molecular complexity index is 1560. The molecule has 0 radical (unpaired) electrons. The molecular weight excluding hydrogens is 1050 g/mol. The molecule has 0 fully saturated rings. The second kappa shape index (κ2) is 63.0. The molecule has 1 amide bonds. The van der Waals surface area contributed by atoms with Crippen LogP contribution in [0, 0.1) is 0 Å². The first-order valence-corrected chi connectivity index (χ1v) is 37.4. The predicted octanol–water partition coefficient (Wildman–Crippen LogP) is 22.2. The van der Waals surface area contributed by atoms with E-state index >= 15 is 0 Å². The standard InChI is InChI=1S/C73H139N2O7P/c1-7-10-13-16-19-22-25-28-30-32-34-35-36-37-38-39-41-43-45-48-51-54-57-60-63-66-73(77)82-71(64-61-58-55-52-49-46-27-24-21-18-15-12-9-3)70(69-81-83(78,79)80-68-67-75(4,5)6)74-72(76)65-62-59-56-53-50-47-44-42-40-33-31-29-26-23-20-17-14-11-8-2/h19,22,28,30,34-35,61,64,70-71H,7-18,20-21,23-27,29,31-33,36-60,62-63,65-69H2,1-6H3,(H-,74,76,78,79)/b22-19-,30-28-,35-34-,64-61+. The van der Waals surface area contributed by atoms with Crippen LogP contribution >= 0.6 is 7.82 Å². The number of ether oxygens (including phenoxy) is 1. The Morgan fingerprint density at radius 2 is 0.735 bits per heavy atom. The third-order valence-corrected chi connectivity index (χ3v) is 17.2. The highest BCUT2D eigenvalue weighted by Crippen LogP contribution is 2.38. The lowest BCUT2D eigenvalue weighted by molar-refractivity contribution is -0.870. The van der Waals surface area contributed by atoms with E-state index in [1.54, 1.807) is 0 Å². The molecule has 0 heterocycles. The molecule has 0 aliphatic rings. The van der Waals surface area contributed by atoms with Crippen LogP contribution in [0.3, 0.4) is 0 Å². The summed E-state index contributed by atoms with van der Waals surface area (Å²) < 4.78 is 30.5. The van der Waals surface area contributed by atoms with Gasteiger partial charge in [0.2, 0.25) is 5.91 Å². The van der Waals surface area contributed by atoms with Crippen LogP contribution in [0.5, 0.6) is 0 Å². The summed E-state index contributed by atoms with van der Waals surface area (Å²) in [7, 11) is 1.20. The van der Waals surface area contributed by atoms with Crippen LogP contribution in [-0.4, -0.2) is 69.4 Å². The van der Waals surface area contributed by atoms with Gasteiger partial charge in [-0.15, -0.1) is 0 Å². The third kappa shape index (κ3) is 64.3. The number of carbonyl (C=O) groups excluding carboxylic acids is 2. The van der Waals surface area contributed by atoms with Gasteiger partial charge >= 0.3 is 5.97 Å². The molecule has 0 aromatic rings. The molecule has 0 aliphatic carbocycles.